The predicted molar refractivity (Wildman–Crippen MR) is 28.6 cm³/mol. The van der Waals surface area contributed by atoms with Gasteiger partial charge in [-0.05, 0) is 0 Å². The number of carbonyl (C=O) groups excluding carboxylic acids is 1. The predicted octanol–water partition coefficient (Wildman–Crippen LogP) is 0.264. The van der Waals surface area contributed by atoms with Crippen molar-refractivity contribution in [3.05, 3.63) is 12.7 Å². The first kappa shape index (κ1) is 7.23. The normalized spacial score (nSPS) is 7.62. The first-order chi connectivity index (χ1) is 3.66. The van der Waals surface area contributed by atoms with Crippen LogP contribution in [0.3, 0.4) is 0 Å². The second-order valence-corrected chi connectivity index (χ2v) is 2.30. The minimum Gasteiger partial charge on any atom is -0.456 e. The molecule has 0 fully saturated rings. The summed E-state index contributed by atoms with van der Waals surface area (Å²) in [4.78, 5) is 10.1. The molecule has 0 radical (unpaired) electrons. The van der Waals surface area contributed by atoms with Crippen LogP contribution in [-0.4, -0.2) is 14.9 Å². The highest BCUT2D eigenvalue weighted by Gasteiger charge is 2.00. The van der Waals surface area contributed by atoms with Crippen molar-refractivity contribution < 1.29 is 13.7 Å². The van der Waals surface area contributed by atoms with E-state index in [1.807, 2.05) is 0 Å². The lowest BCUT2D eigenvalue weighted by molar-refractivity contribution is -0.129. The molecule has 0 heterocycles. The Morgan fingerprint density at radius 3 is 2.50 bits per heavy atom. The third-order valence-corrected chi connectivity index (χ3v) is 0.900. The van der Waals surface area contributed by atoms with Crippen molar-refractivity contribution in [1.29, 1.82) is 0 Å². The molecule has 0 aromatic carbocycles. The molecular formula is C4H6O3Si. The van der Waals surface area contributed by atoms with Crippen LogP contribution >= 0.6 is 0 Å². The molecule has 44 valence electrons. The molecule has 4 heteroatoms. The van der Waals surface area contributed by atoms with Crippen LogP contribution in [0.1, 0.15) is 0 Å². The molecule has 0 rings (SSSR count). The van der Waals surface area contributed by atoms with E-state index in [4.69, 9.17) is 0 Å². The van der Waals surface area contributed by atoms with Gasteiger partial charge < -0.3 is 8.89 Å². The van der Waals surface area contributed by atoms with Gasteiger partial charge in [0.1, 0.15) is 0 Å². The van der Waals surface area contributed by atoms with Crippen molar-refractivity contribution in [2.75, 3.05) is 0 Å². The zero-order valence-electron chi connectivity index (χ0n) is 4.51. The zero-order valence-corrected chi connectivity index (χ0v) is 5.51. The molecule has 0 aliphatic carbocycles. The highest BCUT2D eigenvalue weighted by molar-refractivity contribution is 6.36. The number of hydrogen-bond donors (Lipinski definition) is 0. The van der Waals surface area contributed by atoms with Gasteiger partial charge in [-0.1, -0.05) is 6.58 Å². The number of carbonyl (C=O) groups is 1. The Bertz CT molecular complexity index is 129. The second kappa shape index (κ2) is 3.26. The molecule has 0 spiro atoms. The summed E-state index contributed by atoms with van der Waals surface area (Å²) in [7, 11) is -2.12. The average molecular weight is 130 g/mol. The Balaban J connectivity index is 3.55. The summed E-state index contributed by atoms with van der Waals surface area (Å²) in [6.07, 6.45) is 0.978. The summed E-state index contributed by atoms with van der Waals surface area (Å²) < 4.78 is 14.3. The molecule has 0 aromatic heterocycles. The van der Waals surface area contributed by atoms with Crippen molar-refractivity contribution in [1.82, 2.24) is 0 Å². The molecule has 0 aliphatic rings. The van der Waals surface area contributed by atoms with Gasteiger partial charge in [0.2, 0.25) is 0 Å². The SMILES string of the molecule is C=CC(=O)O[Si](C)=O. The van der Waals surface area contributed by atoms with Crippen LogP contribution in [0.5, 0.6) is 0 Å². The van der Waals surface area contributed by atoms with Crippen LogP contribution < -0.4 is 0 Å². The Kier molecular flexibility index (Phi) is 2.94. The van der Waals surface area contributed by atoms with E-state index in [0.717, 1.165) is 6.08 Å². The Morgan fingerprint density at radius 1 is 1.88 bits per heavy atom. The molecule has 0 aliphatic heterocycles. The van der Waals surface area contributed by atoms with Crippen LogP contribution in [0.15, 0.2) is 12.7 Å². The van der Waals surface area contributed by atoms with Gasteiger partial charge >= 0.3 is 14.9 Å². The standard InChI is InChI=1S/C4H6O3Si/c1-3-4(5)7-8(2)6/h3H,1H2,2H3. The minimum absolute atomic E-state index is 0.628. The van der Waals surface area contributed by atoms with Crippen LogP contribution in [0, 0.1) is 0 Å². The van der Waals surface area contributed by atoms with Crippen molar-refractivity contribution >= 4 is 14.9 Å². The summed E-state index contributed by atoms with van der Waals surface area (Å²) >= 11 is 0. The van der Waals surface area contributed by atoms with Gasteiger partial charge in [0, 0.05) is 12.6 Å². The molecule has 3 nitrogen and oxygen atoms in total. The fourth-order valence-electron chi connectivity index (χ4n) is 0.183. The van der Waals surface area contributed by atoms with Crippen LogP contribution in [0.4, 0.5) is 0 Å². The second-order valence-electron chi connectivity index (χ2n) is 1.12. The van der Waals surface area contributed by atoms with Gasteiger partial charge in [0.05, 0.1) is 0 Å². The third kappa shape index (κ3) is 3.42. The molecular weight excluding hydrogens is 124 g/mol. The van der Waals surface area contributed by atoms with Crippen molar-refractivity contribution in [2.45, 2.75) is 6.55 Å². The van der Waals surface area contributed by atoms with E-state index in [1.165, 1.54) is 6.55 Å². The van der Waals surface area contributed by atoms with E-state index >= 15 is 0 Å². The van der Waals surface area contributed by atoms with E-state index in [2.05, 4.69) is 11.0 Å². The summed E-state index contributed by atoms with van der Waals surface area (Å²) in [5, 5.41) is 0. The molecule has 0 aromatic rings. The fraction of sp³-hybridized carbons (Fsp3) is 0.250. The summed E-state index contributed by atoms with van der Waals surface area (Å²) in [6.45, 7) is 4.46. The van der Waals surface area contributed by atoms with Crippen molar-refractivity contribution in [3.8, 4) is 0 Å². The maximum Gasteiger partial charge on any atom is 0.506 e. The molecule has 0 atom stereocenters. The third-order valence-electron chi connectivity index (χ3n) is 0.411. The van der Waals surface area contributed by atoms with Gasteiger partial charge in [-0.3, -0.25) is 0 Å². The fourth-order valence-corrected chi connectivity index (χ4v) is 0.550. The van der Waals surface area contributed by atoms with E-state index in [1.54, 1.807) is 0 Å². The summed E-state index contributed by atoms with van der Waals surface area (Å²) in [6, 6.07) is 0. The molecule has 0 amide bonds. The van der Waals surface area contributed by atoms with Gasteiger partial charge in [-0.15, -0.1) is 0 Å². The maximum absolute atomic E-state index is 10.1. The Labute approximate surface area is 48.7 Å². The van der Waals surface area contributed by atoms with E-state index < -0.39 is 14.9 Å². The van der Waals surface area contributed by atoms with E-state index in [-0.39, 0.29) is 0 Å². The maximum atomic E-state index is 10.1. The van der Waals surface area contributed by atoms with Crippen LogP contribution in [-0.2, 0) is 13.7 Å². The quantitative estimate of drug-likeness (QED) is 0.398. The monoisotopic (exact) mass is 130 g/mol. The van der Waals surface area contributed by atoms with E-state index in [0.29, 0.717) is 0 Å². The summed E-state index contributed by atoms with van der Waals surface area (Å²) in [5.41, 5.74) is 0. The smallest absolute Gasteiger partial charge is 0.456 e. The highest BCUT2D eigenvalue weighted by atomic mass is 28.3. The van der Waals surface area contributed by atoms with Gasteiger partial charge in [0.25, 0.3) is 0 Å². The van der Waals surface area contributed by atoms with Crippen molar-refractivity contribution in [3.63, 3.8) is 0 Å². The lowest BCUT2D eigenvalue weighted by Crippen LogP contribution is -2.06. The first-order valence-corrected chi connectivity index (χ1v) is 3.83. The van der Waals surface area contributed by atoms with Gasteiger partial charge in [-0.2, -0.15) is 0 Å². The zero-order chi connectivity index (χ0) is 6.57. The van der Waals surface area contributed by atoms with Crippen LogP contribution in [0.2, 0.25) is 6.55 Å². The van der Waals surface area contributed by atoms with Gasteiger partial charge in [-0.25, -0.2) is 4.79 Å². The molecule has 0 saturated carbocycles. The van der Waals surface area contributed by atoms with Crippen molar-refractivity contribution in [2.24, 2.45) is 0 Å². The molecule has 0 N–H and O–H groups in total. The largest absolute Gasteiger partial charge is 0.506 e. The molecule has 8 heavy (non-hydrogen) atoms. The van der Waals surface area contributed by atoms with Gasteiger partial charge in [0.15, 0.2) is 0 Å². The molecule has 0 saturated heterocycles. The van der Waals surface area contributed by atoms with Crippen LogP contribution in [0.25, 0.3) is 0 Å². The molecule has 0 unspecified atom stereocenters. The Hall–Kier alpha value is -0.773. The number of rotatable bonds is 2. The topological polar surface area (TPSA) is 43.4 Å². The Morgan fingerprint density at radius 2 is 2.38 bits per heavy atom. The highest BCUT2D eigenvalue weighted by Crippen LogP contribution is 1.76. The lowest BCUT2D eigenvalue weighted by Gasteiger charge is -1.88. The average Bonchev–Trinajstić information content (AvgIpc) is 1.65. The summed E-state index contributed by atoms with van der Waals surface area (Å²) in [5.74, 6) is -0.628. The minimum atomic E-state index is -2.12. The van der Waals surface area contributed by atoms with E-state index in [9.17, 15) is 9.26 Å². The first-order valence-electron chi connectivity index (χ1n) is 2.01. The molecule has 0 bridgehead atoms. The number of hydrogen-bond acceptors (Lipinski definition) is 3. The lowest BCUT2D eigenvalue weighted by atomic mass is 10.7.